The monoisotopic (exact) mass is 322 g/mol. The average molecular weight is 322 g/mol. The van der Waals surface area contributed by atoms with E-state index in [1.807, 2.05) is 0 Å². The van der Waals surface area contributed by atoms with Crippen molar-refractivity contribution in [1.82, 2.24) is 9.71 Å². The molecule has 2 aromatic rings. The van der Waals surface area contributed by atoms with Gasteiger partial charge in [0.05, 0.1) is 10.9 Å². The van der Waals surface area contributed by atoms with Crippen molar-refractivity contribution < 1.29 is 21.6 Å². The Morgan fingerprint density at radius 3 is 2.35 bits per heavy atom. The van der Waals surface area contributed by atoms with Crippen molar-refractivity contribution in [1.29, 1.82) is 0 Å². The first-order valence-electron chi connectivity index (χ1n) is 5.37. The topological polar surface area (TPSA) is 59.1 Å². The van der Waals surface area contributed by atoms with E-state index < -0.39 is 38.4 Å². The van der Waals surface area contributed by atoms with Crippen LogP contribution < -0.4 is 4.72 Å². The molecule has 1 aromatic heterocycles. The standard InChI is InChI=1S/C11H9F3N2O2S2/c1-6(11-15-2-3-19-11)16-20(17,18)7-4-8(12)10(14)9(13)5-7/h2-6,16H,1H3. The minimum atomic E-state index is -4.18. The fraction of sp³-hybridized carbons (Fsp3) is 0.182. The zero-order chi connectivity index (χ0) is 14.9. The molecule has 0 bridgehead atoms. The van der Waals surface area contributed by atoms with Crippen LogP contribution in [0.15, 0.2) is 28.6 Å². The predicted octanol–water partition coefficient (Wildman–Crippen LogP) is 2.60. The third-order valence-corrected chi connectivity index (χ3v) is 4.90. The van der Waals surface area contributed by atoms with Crippen molar-refractivity contribution in [2.75, 3.05) is 0 Å². The highest BCUT2D eigenvalue weighted by Gasteiger charge is 2.23. The molecule has 0 saturated carbocycles. The van der Waals surface area contributed by atoms with Crippen LogP contribution >= 0.6 is 11.3 Å². The molecule has 0 fully saturated rings. The normalized spacial score (nSPS) is 13.4. The number of aromatic nitrogens is 1. The van der Waals surface area contributed by atoms with Gasteiger partial charge in [0.25, 0.3) is 0 Å². The number of benzene rings is 1. The van der Waals surface area contributed by atoms with Gasteiger partial charge in [0.1, 0.15) is 5.01 Å². The highest BCUT2D eigenvalue weighted by molar-refractivity contribution is 7.89. The van der Waals surface area contributed by atoms with Gasteiger partial charge in [0.2, 0.25) is 10.0 Å². The van der Waals surface area contributed by atoms with E-state index in [1.165, 1.54) is 24.5 Å². The first-order valence-corrected chi connectivity index (χ1v) is 7.74. The molecule has 1 aromatic carbocycles. The van der Waals surface area contributed by atoms with Crippen molar-refractivity contribution in [2.45, 2.75) is 17.9 Å². The molecule has 0 aliphatic rings. The summed E-state index contributed by atoms with van der Waals surface area (Å²) in [5.41, 5.74) is 0. The number of rotatable bonds is 4. The molecule has 1 N–H and O–H groups in total. The maximum absolute atomic E-state index is 13.1. The summed E-state index contributed by atoms with van der Waals surface area (Å²) in [6.07, 6.45) is 1.50. The Labute approximate surface area is 117 Å². The summed E-state index contributed by atoms with van der Waals surface area (Å²) in [7, 11) is -4.18. The van der Waals surface area contributed by atoms with Gasteiger partial charge in [0.15, 0.2) is 17.5 Å². The van der Waals surface area contributed by atoms with Crippen molar-refractivity contribution >= 4 is 21.4 Å². The molecule has 0 aliphatic heterocycles. The average Bonchev–Trinajstić information content (AvgIpc) is 2.88. The van der Waals surface area contributed by atoms with Crippen LogP contribution in [0.1, 0.15) is 18.0 Å². The summed E-state index contributed by atoms with van der Waals surface area (Å²) < 4.78 is 65.1. The number of hydrogen-bond donors (Lipinski definition) is 1. The van der Waals surface area contributed by atoms with E-state index in [1.54, 1.807) is 5.38 Å². The van der Waals surface area contributed by atoms with Crippen LogP contribution in [-0.4, -0.2) is 13.4 Å². The Hall–Kier alpha value is -1.45. The van der Waals surface area contributed by atoms with E-state index in [9.17, 15) is 21.6 Å². The summed E-state index contributed by atoms with van der Waals surface area (Å²) in [6.45, 7) is 1.53. The zero-order valence-electron chi connectivity index (χ0n) is 10.1. The highest BCUT2D eigenvalue weighted by atomic mass is 32.2. The molecular weight excluding hydrogens is 313 g/mol. The second kappa shape index (κ2) is 5.51. The summed E-state index contributed by atoms with van der Waals surface area (Å²) >= 11 is 1.23. The van der Waals surface area contributed by atoms with Gasteiger partial charge in [-0.1, -0.05) is 0 Å². The van der Waals surface area contributed by atoms with Crippen LogP contribution in [0.3, 0.4) is 0 Å². The molecule has 4 nitrogen and oxygen atoms in total. The fourth-order valence-corrected chi connectivity index (χ4v) is 3.44. The molecule has 0 aliphatic carbocycles. The molecule has 0 radical (unpaired) electrons. The summed E-state index contributed by atoms with van der Waals surface area (Å²) in [4.78, 5) is 3.24. The lowest BCUT2D eigenvalue weighted by Crippen LogP contribution is -2.27. The van der Waals surface area contributed by atoms with Gasteiger partial charge in [-0.05, 0) is 19.1 Å². The molecule has 0 spiro atoms. The summed E-state index contributed by atoms with van der Waals surface area (Å²) in [5.74, 6) is -4.84. The quantitative estimate of drug-likeness (QED) is 0.880. The Morgan fingerprint density at radius 2 is 1.85 bits per heavy atom. The SMILES string of the molecule is CC(NS(=O)(=O)c1cc(F)c(F)c(F)c1)c1nccs1. The Kier molecular flexibility index (Phi) is 4.11. The molecule has 2 rings (SSSR count). The van der Waals surface area contributed by atoms with Crippen LogP contribution in [0.5, 0.6) is 0 Å². The van der Waals surface area contributed by atoms with E-state index in [2.05, 4.69) is 9.71 Å². The third kappa shape index (κ3) is 3.00. The van der Waals surface area contributed by atoms with Crippen LogP contribution in [-0.2, 0) is 10.0 Å². The van der Waals surface area contributed by atoms with Crippen LogP contribution in [0.2, 0.25) is 0 Å². The Morgan fingerprint density at radius 1 is 1.25 bits per heavy atom. The van der Waals surface area contributed by atoms with Gasteiger partial charge in [-0.25, -0.2) is 31.3 Å². The lowest BCUT2D eigenvalue weighted by atomic mass is 10.3. The van der Waals surface area contributed by atoms with Crippen molar-refractivity contribution in [3.63, 3.8) is 0 Å². The van der Waals surface area contributed by atoms with Crippen molar-refractivity contribution in [2.24, 2.45) is 0 Å². The van der Waals surface area contributed by atoms with Crippen LogP contribution in [0.25, 0.3) is 0 Å². The van der Waals surface area contributed by atoms with E-state index in [4.69, 9.17) is 0 Å². The first-order chi connectivity index (χ1) is 9.31. The highest BCUT2D eigenvalue weighted by Crippen LogP contribution is 2.21. The first kappa shape index (κ1) is 14.9. The molecule has 1 heterocycles. The smallest absolute Gasteiger partial charge is 0.241 e. The molecule has 20 heavy (non-hydrogen) atoms. The minimum Gasteiger partial charge on any atom is -0.248 e. The molecule has 1 atom stereocenters. The largest absolute Gasteiger partial charge is 0.248 e. The third-order valence-electron chi connectivity index (χ3n) is 2.42. The summed E-state index contributed by atoms with van der Waals surface area (Å²) in [5, 5.41) is 2.16. The van der Waals surface area contributed by atoms with Crippen LogP contribution in [0, 0.1) is 17.5 Å². The number of hydrogen-bond acceptors (Lipinski definition) is 4. The molecule has 1 unspecified atom stereocenters. The lowest BCUT2D eigenvalue weighted by Gasteiger charge is -2.12. The van der Waals surface area contributed by atoms with Crippen molar-refractivity contribution in [3.05, 3.63) is 46.2 Å². The lowest BCUT2D eigenvalue weighted by molar-refractivity contribution is 0.442. The maximum atomic E-state index is 13.1. The Bertz CT molecular complexity index is 694. The predicted molar refractivity (Wildman–Crippen MR) is 67.2 cm³/mol. The van der Waals surface area contributed by atoms with Crippen LogP contribution in [0.4, 0.5) is 13.2 Å². The van der Waals surface area contributed by atoms with Gasteiger partial charge in [0, 0.05) is 11.6 Å². The van der Waals surface area contributed by atoms with E-state index >= 15 is 0 Å². The molecular formula is C11H9F3N2O2S2. The molecule has 0 amide bonds. The number of nitrogens with one attached hydrogen (secondary N) is 1. The number of halogens is 3. The second-order valence-corrected chi connectivity index (χ2v) is 6.55. The van der Waals surface area contributed by atoms with Gasteiger partial charge in [-0.3, -0.25) is 0 Å². The Balaban J connectivity index is 2.31. The zero-order valence-corrected chi connectivity index (χ0v) is 11.7. The molecule has 108 valence electrons. The minimum absolute atomic E-state index is 0.426. The van der Waals surface area contributed by atoms with E-state index in [0.29, 0.717) is 17.1 Å². The molecule has 9 heteroatoms. The van der Waals surface area contributed by atoms with Crippen molar-refractivity contribution in [3.8, 4) is 0 Å². The maximum Gasteiger partial charge on any atom is 0.241 e. The number of nitrogens with zero attached hydrogens (tertiary/aromatic N) is 1. The van der Waals surface area contributed by atoms with E-state index in [-0.39, 0.29) is 0 Å². The van der Waals surface area contributed by atoms with Gasteiger partial charge in [-0.2, -0.15) is 0 Å². The fourth-order valence-electron chi connectivity index (χ4n) is 1.49. The molecule has 0 saturated heterocycles. The van der Waals surface area contributed by atoms with E-state index in [0.717, 1.165) is 0 Å². The van der Waals surface area contributed by atoms with Gasteiger partial charge in [-0.15, -0.1) is 11.3 Å². The van der Waals surface area contributed by atoms with Gasteiger partial charge < -0.3 is 0 Å². The number of thiazole rings is 1. The summed E-state index contributed by atoms with van der Waals surface area (Å²) in [6, 6.07) is 0.182. The second-order valence-electron chi connectivity index (χ2n) is 3.91. The number of sulfonamides is 1. The van der Waals surface area contributed by atoms with Gasteiger partial charge >= 0.3 is 0 Å².